The molecule has 0 radical (unpaired) electrons. The molecular formula is C15H21NO3S2. The molecule has 1 amide bonds. The van der Waals surface area contributed by atoms with Gasteiger partial charge in [0.25, 0.3) is 5.91 Å². The van der Waals surface area contributed by atoms with E-state index in [1.54, 1.807) is 23.3 Å². The first-order chi connectivity index (χ1) is 10.1. The van der Waals surface area contributed by atoms with Crippen LogP contribution in [0.15, 0.2) is 6.07 Å². The molecular weight excluding hydrogens is 306 g/mol. The van der Waals surface area contributed by atoms with Crippen molar-refractivity contribution in [2.24, 2.45) is 0 Å². The topological polar surface area (TPSA) is 49.8 Å². The number of ether oxygens (including phenoxy) is 1. The molecule has 4 nitrogen and oxygen atoms in total. The molecule has 0 aromatic carbocycles. The summed E-state index contributed by atoms with van der Waals surface area (Å²) >= 11 is 3.55. The van der Waals surface area contributed by atoms with Crippen LogP contribution in [-0.2, 0) is 16.9 Å². The van der Waals surface area contributed by atoms with Crippen LogP contribution in [0.5, 0.6) is 0 Å². The van der Waals surface area contributed by atoms with Crippen LogP contribution in [0.25, 0.3) is 0 Å². The van der Waals surface area contributed by atoms with Crippen LogP contribution < -0.4 is 0 Å². The number of thioether (sulfide) groups is 1. The lowest BCUT2D eigenvalue weighted by molar-refractivity contribution is -0.0733. The van der Waals surface area contributed by atoms with Crippen molar-refractivity contribution in [2.45, 2.75) is 30.6 Å². The van der Waals surface area contributed by atoms with Gasteiger partial charge in [0.1, 0.15) is 0 Å². The van der Waals surface area contributed by atoms with Gasteiger partial charge >= 0.3 is 0 Å². The summed E-state index contributed by atoms with van der Waals surface area (Å²) in [6, 6.07) is 2.04. The highest BCUT2D eigenvalue weighted by atomic mass is 32.2. The summed E-state index contributed by atoms with van der Waals surface area (Å²) in [7, 11) is 1.78. The number of rotatable bonds is 3. The van der Waals surface area contributed by atoms with Crippen LogP contribution in [0.1, 0.15) is 33.0 Å². The minimum atomic E-state index is -0.796. The highest BCUT2D eigenvalue weighted by molar-refractivity contribution is 7.98. The monoisotopic (exact) mass is 327 g/mol. The number of thiophene rings is 1. The number of carbonyl (C=O) groups is 1. The first kappa shape index (κ1) is 15.3. The average Bonchev–Trinajstić information content (AvgIpc) is 2.90. The van der Waals surface area contributed by atoms with Gasteiger partial charge in [-0.15, -0.1) is 11.3 Å². The quantitative estimate of drug-likeness (QED) is 0.924. The molecule has 3 rings (SSSR count). The zero-order chi connectivity index (χ0) is 14.9. The Morgan fingerprint density at radius 1 is 1.48 bits per heavy atom. The third-order valence-corrected chi connectivity index (χ3v) is 6.37. The zero-order valence-electron chi connectivity index (χ0n) is 12.3. The standard InChI is InChI=1S/C15H21NO3S2/c1-16(10-15(18)3-5-19-6-4-15)14(17)13-8-11-9-20-7-2-12(11)21-13/h8,18H,2-7,9-10H2,1H3. The average molecular weight is 327 g/mol. The van der Waals surface area contributed by atoms with Gasteiger partial charge in [-0.05, 0) is 23.8 Å². The van der Waals surface area contributed by atoms with E-state index in [9.17, 15) is 9.90 Å². The van der Waals surface area contributed by atoms with E-state index in [-0.39, 0.29) is 5.91 Å². The molecule has 0 aliphatic carbocycles. The van der Waals surface area contributed by atoms with Crippen molar-refractivity contribution in [3.63, 3.8) is 0 Å². The molecule has 0 spiro atoms. The Bertz CT molecular complexity index is 499. The van der Waals surface area contributed by atoms with E-state index in [0.717, 1.165) is 22.8 Å². The highest BCUT2D eigenvalue weighted by Gasteiger charge is 2.33. The van der Waals surface area contributed by atoms with Gasteiger partial charge in [-0.3, -0.25) is 4.79 Å². The van der Waals surface area contributed by atoms with E-state index in [1.165, 1.54) is 10.4 Å². The van der Waals surface area contributed by atoms with Gasteiger partial charge in [0.2, 0.25) is 0 Å². The molecule has 2 aliphatic rings. The number of nitrogens with zero attached hydrogens (tertiary/aromatic N) is 1. The molecule has 6 heteroatoms. The molecule has 0 atom stereocenters. The molecule has 3 heterocycles. The molecule has 0 unspecified atom stereocenters. The second-order valence-corrected chi connectivity index (χ2v) is 8.10. The smallest absolute Gasteiger partial charge is 0.263 e. The molecule has 116 valence electrons. The number of carbonyl (C=O) groups excluding carboxylic acids is 1. The number of aliphatic hydroxyl groups is 1. The summed E-state index contributed by atoms with van der Waals surface area (Å²) in [5.74, 6) is 2.19. The molecule has 1 aromatic rings. The third-order valence-electron chi connectivity index (χ3n) is 4.14. The fourth-order valence-corrected chi connectivity index (χ4v) is 5.23. The maximum Gasteiger partial charge on any atom is 0.263 e. The maximum atomic E-state index is 12.6. The summed E-state index contributed by atoms with van der Waals surface area (Å²) in [6.07, 6.45) is 2.27. The minimum absolute atomic E-state index is 0.0271. The molecule has 2 aliphatic heterocycles. The predicted octanol–water partition coefficient (Wildman–Crippen LogP) is 2.15. The normalized spacial score (nSPS) is 20.9. The molecule has 1 fully saturated rings. The molecule has 1 N–H and O–H groups in total. The number of aryl methyl sites for hydroxylation is 1. The highest BCUT2D eigenvalue weighted by Crippen LogP contribution is 2.32. The van der Waals surface area contributed by atoms with Crippen LogP contribution in [0.2, 0.25) is 0 Å². The fourth-order valence-electron chi connectivity index (χ4n) is 2.86. The Morgan fingerprint density at radius 2 is 2.24 bits per heavy atom. The Balaban J connectivity index is 1.67. The van der Waals surface area contributed by atoms with E-state index in [1.807, 2.05) is 17.8 Å². The molecule has 1 saturated heterocycles. The van der Waals surface area contributed by atoms with E-state index >= 15 is 0 Å². The zero-order valence-corrected chi connectivity index (χ0v) is 13.9. The van der Waals surface area contributed by atoms with Crippen molar-refractivity contribution in [3.8, 4) is 0 Å². The minimum Gasteiger partial charge on any atom is -0.388 e. The first-order valence-electron chi connectivity index (χ1n) is 7.32. The predicted molar refractivity (Wildman–Crippen MR) is 86.1 cm³/mol. The summed E-state index contributed by atoms with van der Waals surface area (Å²) in [5.41, 5.74) is 0.521. The van der Waals surface area contributed by atoms with Crippen LogP contribution in [0, 0.1) is 0 Å². The van der Waals surface area contributed by atoms with Crippen molar-refractivity contribution in [1.82, 2.24) is 4.90 Å². The molecule has 0 saturated carbocycles. The number of likely N-dealkylation sites (N-methyl/N-ethyl adjacent to an activating group) is 1. The number of fused-ring (bicyclic) bond motifs is 1. The summed E-state index contributed by atoms with van der Waals surface area (Å²) in [4.78, 5) is 16.4. The van der Waals surface area contributed by atoms with E-state index in [4.69, 9.17) is 4.74 Å². The Kier molecular flexibility index (Phi) is 4.59. The second-order valence-electron chi connectivity index (χ2n) is 5.86. The Hall–Kier alpha value is -0.560. The van der Waals surface area contributed by atoms with Crippen LogP contribution in [-0.4, -0.2) is 54.1 Å². The summed E-state index contributed by atoms with van der Waals surface area (Å²) < 4.78 is 5.28. The van der Waals surface area contributed by atoms with Crippen molar-refractivity contribution in [3.05, 3.63) is 21.4 Å². The van der Waals surface area contributed by atoms with Crippen molar-refractivity contribution >= 4 is 29.0 Å². The van der Waals surface area contributed by atoms with Crippen molar-refractivity contribution in [1.29, 1.82) is 0 Å². The SMILES string of the molecule is CN(CC1(O)CCOCC1)C(=O)c1cc2c(s1)CCSC2. The number of amides is 1. The van der Waals surface area contributed by atoms with Crippen LogP contribution in [0.3, 0.4) is 0 Å². The van der Waals surface area contributed by atoms with Crippen molar-refractivity contribution < 1.29 is 14.6 Å². The van der Waals surface area contributed by atoms with E-state index in [2.05, 4.69) is 0 Å². The molecule has 21 heavy (non-hydrogen) atoms. The van der Waals surface area contributed by atoms with Crippen LogP contribution in [0.4, 0.5) is 0 Å². The van der Waals surface area contributed by atoms with E-state index < -0.39 is 5.60 Å². The summed E-state index contributed by atoms with van der Waals surface area (Å²) in [5, 5.41) is 10.5. The second kappa shape index (κ2) is 6.28. The van der Waals surface area contributed by atoms with Crippen LogP contribution >= 0.6 is 23.1 Å². The van der Waals surface area contributed by atoms with E-state index in [0.29, 0.717) is 32.6 Å². The van der Waals surface area contributed by atoms with Gasteiger partial charge in [-0.25, -0.2) is 0 Å². The lowest BCUT2D eigenvalue weighted by Gasteiger charge is -2.35. The first-order valence-corrected chi connectivity index (χ1v) is 9.29. The van der Waals surface area contributed by atoms with Gasteiger partial charge in [0.05, 0.1) is 10.5 Å². The Labute approximate surface area is 133 Å². The van der Waals surface area contributed by atoms with Gasteiger partial charge in [0, 0.05) is 50.3 Å². The fraction of sp³-hybridized carbons (Fsp3) is 0.667. The summed E-state index contributed by atoms with van der Waals surface area (Å²) in [6.45, 7) is 1.53. The number of hydrogen-bond acceptors (Lipinski definition) is 5. The van der Waals surface area contributed by atoms with Crippen molar-refractivity contribution in [2.75, 3.05) is 32.6 Å². The molecule has 0 bridgehead atoms. The van der Waals surface area contributed by atoms with Gasteiger partial charge in [-0.2, -0.15) is 11.8 Å². The maximum absolute atomic E-state index is 12.6. The van der Waals surface area contributed by atoms with Gasteiger partial charge in [0.15, 0.2) is 0 Å². The number of hydrogen-bond donors (Lipinski definition) is 1. The Morgan fingerprint density at radius 3 is 2.95 bits per heavy atom. The largest absolute Gasteiger partial charge is 0.388 e. The van der Waals surface area contributed by atoms with Gasteiger partial charge < -0.3 is 14.7 Å². The lowest BCUT2D eigenvalue weighted by atomic mass is 9.94. The third kappa shape index (κ3) is 3.44. The lowest BCUT2D eigenvalue weighted by Crippen LogP contribution is -2.47. The molecule has 1 aromatic heterocycles. The van der Waals surface area contributed by atoms with Gasteiger partial charge in [-0.1, -0.05) is 0 Å².